The second-order valence-electron chi connectivity index (χ2n) is 4.50. The molecule has 132 valence electrons. The van der Waals surface area contributed by atoms with Gasteiger partial charge in [-0.05, 0) is 30.3 Å². The Kier molecular flexibility index (Phi) is 4.83. The number of aromatic nitrogens is 1. The number of hydrogen-bond acceptors (Lipinski definition) is 8. The van der Waals surface area contributed by atoms with Crippen LogP contribution in [0.5, 0.6) is 0 Å². The molecule has 2 rings (SSSR count). The van der Waals surface area contributed by atoms with Crippen LogP contribution >= 0.6 is 0 Å². The van der Waals surface area contributed by atoms with E-state index >= 15 is 0 Å². The summed E-state index contributed by atoms with van der Waals surface area (Å²) in [6, 6.07) is 7.17. The van der Waals surface area contributed by atoms with Gasteiger partial charge in [0.25, 0.3) is 10.0 Å². The number of nitrogens with one attached hydrogen (secondary N) is 3. The second kappa shape index (κ2) is 6.83. The average molecular weight is 369 g/mol. The van der Waals surface area contributed by atoms with Crippen molar-refractivity contribution in [2.45, 2.75) is 4.90 Å². The number of anilines is 4. The first-order valence-electron chi connectivity index (χ1n) is 6.39. The topological polar surface area (TPSA) is 195 Å². The minimum absolute atomic E-state index is 0.0487. The summed E-state index contributed by atoms with van der Waals surface area (Å²) in [6.45, 7) is 0. The van der Waals surface area contributed by atoms with Gasteiger partial charge in [0.1, 0.15) is 27.9 Å². The minimum Gasteiger partial charge on any atom is -0.384 e. The first kappa shape index (κ1) is 17.7. The lowest BCUT2D eigenvalue weighted by Crippen LogP contribution is -2.19. The fraction of sp³-hybridized carbons (Fsp3) is 0. The molecule has 0 bridgehead atoms. The summed E-state index contributed by atoms with van der Waals surface area (Å²) in [4.78, 5) is 24.3. The van der Waals surface area contributed by atoms with E-state index in [1.54, 1.807) is 10.9 Å². The molecule has 1 aromatic heterocycles. The summed E-state index contributed by atoms with van der Waals surface area (Å²) in [5.41, 5.74) is 8.36. The van der Waals surface area contributed by atoms with E-state index in [4.69, 9.17) is 5.73 Å². The largest absolute Gasteiger partial charge is 0.384 e. The van der Waals surface area contributed by atoms with Gasteiger partial charge in [-0.1, -0.05) is 6.07 Å². The minimum atomic E-state index is -4.36. The maximum Gasteiger partial charge on any atom is 0.265 e. The SMILES string of the molecule is Nc1cccc(NS(=O)(=O)c2cc(N[N+](=O)[O-])ccc2N[N+](=O)[O-])n1. The van der Waals surface area contributed by atoms with Crippen molar-refractivity contribution in [2.75, 3.05) is 21.3 Å². The Balaban J connectivity index is 2.48. The zero-order valence-electron chi connectivity index (χ0n) is 12.2. The fourth-order valence-corrected chi connectivity index (χ4v) is 3.00. The molecule has 0 aliphatic rings. The van der Waals surface area contributed by atoms with Gasteiger partial charge in [-0.2, -0.15) is 0 Å². The molecule has 0 fully saturated rings. The van der Waals surface area contributed by atoms with Gasteiger partial charge in [-0.3, -0.25) is 4.72 Å². The van der Waals surface area contributed by atoms with Crippen molar-refractivity contribution in [3.8, 4) is 0 Å². The molecule has 1 aromatic carbocycles. The third-order valence-electron chi connectivity index (χ3n) is 2.71. The van der Waals surface area contributed by atoms with Crippen molar-refractivity contribution in [3.63, 3.8) is 0 Å². The highest BCUT2D eigenvalue weighted by Crippen LogP contribution is 2.27. The van der Waals surface area contributed by atoms with Crippen LogP contribution in [0.15, 0.2) is 41.3 Å². The van der Waals surface area contributed by atoms with E-state index < -0.39 is 30.7 Å². The Morgan fingerprint density at radius 3 is 2.32 bits per heavy atom. The number of benzene rings is 1. The molecule has 0 spiro atoms. The summed E-state index contributed by atoms with van der Waals surface area (Å²) >= 11 is 0. The van der Waals surface area contributed by atoms with Crippen molar-refractivity contribution in [1.29, 1.82) is 0 Å². The molecule has 2 aromatic rings. The normalized spacial score (nSPS) is 10.7. The van der Waals surface area contributed by atoms with Crippen LogP contribution in [0.1, 0.15) is 0 Å². The van der Waals surface area contributed by atoms with Crippen molar-refractivity contribution in [3.05, 3.63) is 56.6 Å². The Bertz CT molecular complexity index is 932. The van der Waals surface area contributed by atoms with Gasteiger partial charge in [0.15, 0.2) is 10.1 Å². The van der Waals surface area contributed by atoms with Gasteiger partial charge in [0.2, 0.25) is 0 Å². The smallest absolute Gasteiger partial charge is 0.265 e. The Labute approximate surface area is 140 Å². The summed E-state index contributed by atoms with van der Waals surface area (Å²) in [5.74, 6) is -0.0766. The van der Waals surface area contributed by atoms with Crippen LogP contribution in [0.25, 0.3) is 0 Å². The lowest BCUT2D eigenvalue weighted by molar-refractivity contribution is -0.445. The molecule has 0 aliphatic heterocycles. The predicted molar refractivity (Wildman–Crippen MR) is 87.1 cm³/mol. The van der Waals surface area contributed by atoms with Gasteiger partial charge in [0, 0.05) is 0 Å². The second-order valence-corrected chi connectivity index (χ2v) is 6.15. The molecular weight excluding hydrogens is 358 g/mol. The Hall–Kier alpha value is -3.68. The number of sulfonamides is 1. The maximum absolute atomic E-state index is 12.5. The van der Waals surface area contributed by atoms with Crippen molar-refractivity contribution < 1.29 is 18.5 Å². The highest BCUT2D eigenvalue weighted by Gasteiger charge is 2.23. The van der Waals surface area contributed by atoms with E-state index in [2.05, 4.69) is 9.71 Å². The molecular formula is C11H11N7O6S. The molecule has 25 heavy (non-hydrogen) atoms. The lowest BCUT2D eigenvalue weighted by Gasteiger charge is -2.11. The van der Waals surface area contributed by atoms with Gasteiger partial charge in [-0.15, -0.1) is 10.9 Å². The van der Waals surface area contributed by atoms with Crippen LogP contribution in [0.2, 0.25) is 0 Å². The quantitative estimate of drug-likeness (QED) is 0.397. The number of hydrazine groups is 2. The molecule has 13 nitrogen and oxygen atoms in total. The third kappa shape index (κ3) is 4.64. The number of nitro groups is 2. The standard InChI is InChI=1S/C11H11N7O6S/c12-10-2-1-3-11(13-10)16-25(23,24)9-6-7(14-17(19)20)4-5-8(9)15-18(21)22/h1-6,14-15H,(H3,12,13,16). The van der Waals surface area contributed by atoms with Gasteiger partial charge < -0.3 is 5.73 Å². The van der Waals surface area contributed by atoms with E-state index in [1.165, 1.54) is 18.2 Å². The Morgan fingerprint density at radius 1 is 1.04 bits per heavy atom. The molecule has 5 N–H and O–H groups in total. The molecule has 1 heterocycles. The summed E-state index contributed by atoms with van der Waals surface area (Å²) in [6.07, 6.45) is 0. The molecule has 14 heteroatoms. The average Bonchev–Trinajstić information content (AvgIpc) is 2.47. The number of pyridine rings is 1. The van der Waals surface area contributed by atoms with Gasteiger partial charge in [-0.25, -0.2) is 33.6 Å². The monoisotopic (exact) mass is 369 g/mol. The first-order chi connectivity index (χ1) is 11.7. The number of nitrogen functional groups attached to an aromatic ring is 1. The molecule has 0 radical (unpaired) electrons. The van der Waals surface area contributed by atoms with E-state index in [-0.39, 0.29) is 17.3 Å². The van der Waals surface area contributed by atoms with Crippen LogP contribution in [-0.4, -0.2) is 23.5 Å². The van der Waals surface area contributed by atoms with Crippen molar-refractivity contribution in [1.82, 2.24) is 4.98 Å². The number of rotatable bonds is 7. The Morgan fingerprint density at radius 2 is 1.72 bits per heavy atom. The first-order valence-corrected chi connectivity index (χ1v) is 7.87. The zero-order chi connectivity index (χ0) is 18.6. The predicted octanol–water partition coefficient (Wildman–Crippen LogP) is 0.672. The maximum atomic E-state index is 12.5. The number of hydrogen-bond donors (Lipinski definition) is 4. The molecule has 0 atom stereocenters. The fourth-order valence-electron chi connectivity index (χ4n) is 1.81. The summed E-state index contributed by atoms with van der Waals surface area (Å²) < 4.78 is 27.1. The molecule has 0 saturated heterocycles. The van der Waals surface area contributed by atoms with E-state index in [0.717, 1.165) is 18.2 Å². The number of nitrogens with two attached hydrogens (primary N) is 1. The summed E-state index contributed by atoms with van der Waals surface area (Å²) in [5, 5.41) is 19.3. The lowest BCUT2D eigenvalue weighted by atomic mass is 10.3. The van der Waals surface area contributed by atoms with Gasteiger partial charge in [0.05, 0.1) is 0 Å². The third-order valence-corrected chi connectivity index (χ3v) is 4.11. The molecule has 0 saturated carbocycles. The van der Waals surface area contributed by atoms with Crippen LogP contribution < -0.4 is 21.3 Å². The van der Waals surface area contributed by atoms with Crippen molar-refractivity contribution >= 4 is 33.0 Å². The molecule has 0 amide bonds. The van der Waals surface area contributed by atoms with E-state index in [9.17, 15) is 28.6 Å². The van der Waals surface area contributed by atoms with Crippen LogP contribution in [-0.2, 0) is 10.0 Å². The van der Waals surface area contributed by atoms with Crippen LogP contribution in [0.4, 0.5) is 23.0 Å². The van der Waals surface area contributed by atoms with Gasteiger partial charge >= 0.3 is 0 Å². The molecule has 0 unspecified atom stereocenters. The van der Waals surface area contributed by atoms with Crippen LogP contribution in [0, 0.1) is 20.2 Å². The zero-order valence-corrected chi connectivity index (χ0v) is 13.1. The highest BCUT2D eigenvalue weighted by atomic mass is 32.2. The van der Waals surface area contributed by atoms with E-state index in [0.29, 0.717) is 0 Å². The van der Waals surface area contributed by atoms with Crippen LogP contribution in [0.3, 0.4) is 0 Å². The molecule has 0 aliphatic carbocycles. The van der Waals surface area contributed by atoms with Crippen molar-refractivity contribution in [2.24, 2.45) is 0 Å². The summed E-state index contributed by atoms with van der Waals surface area (Å²) in [7, 11) is -4.36. The van der Waals surface area contributed by atoms with E-state index in [1.807, 2.05) is 0 Å². The highest BCUT2D eigenvalue weighted by molar-refractivity contribution is 7.92. The number of nitrogens with zero attached hydrogens (tertiary/aromatic N) is 3.